The molecule has 0 spiro atoms. The first-order valence-electron chi connectivity index (χ1n) is 11.5. The monoisotopic (exact) mass is 563 g/mol. The van der Waals surface area contributed by atoms with Gasteiger partial charge in [0, 0.05) is 26.9 Å². The molecule has 3 aromatic carbocycles. The van der Waals surface area contributed by atoms with Gasteiger partial charge in [-0.1, -0.05) is 52.3 Å². The lowest BCUT2D eigenvalue weighted by atomic mass is 9.79. The van der Waals surface area contributed by atoms with Crippen LogP contribution in [-0.4, -0.2) is 26.0 Å². The Balaban J connectivity index is 1.61. The third kappa shape index (κ3) is 4.31. The van der Waals surface area contributed by atoms with Crippen molar-refractivity contribution in [3.05, 3.63) is 110 Å². The van der Waals surface area contributed by atoms with Crippen LogP contribution in [0.5, 0.6) is 11.5 Å². The van der Waals surface area contributed by atoms with Crippen LogP contribution in [0.3, 0.4) is 0 Å². The largest absolute Gasteiger partial charge is 0.493 e. The van der Waals surface area contributed by atoms with E-state index >= 15 is 0 Å². The van der Waals surface area contributed by atoms with E-state index in [9.17, 15) is 14.0 Å². The number of carbonyl (C=O) groups excluding carboxylic acids is 2. The van der Waals surface area contributed by atoms with Gasteiger partial charge in [-0.2, -0.15) is 0 Å². The summed E-state index contributed by atoms with van der Waals surface area (Å²) < 4.78 is 30.9. The second-order valence-electron chi connectivity index (χ2n) is 8.69. The Morgan fingerprint density at radius 1 is 1.03 bits per heavy atom. The van der Waals surface area contributed by atoms with Gasteiger partial charge >= 0.3 is 5.97 Å². The molecule has 0 saturated carbocycles. The number of hydrogen-bond donors (Lipinski definition) is 1. The summed E-state index contributed by atoms with van der Waals surface area (Å²) in [5.74, 6) is -0.938. The molecule has 0 saturated heterocycles. The number of fused-ring (bicyclic) bond motifs is 2. The van der Waals surface area contributed by atoms with Gasteiger partial charge in [-0.15, -0.1) is 0 Å². The summed E-state index contributed by atoms with van der Waals surface area (Å²) in [6, 6.07) is 17.0. The van der Waals surface area contributed by atoms with Crippen LogP contribution in [0.15, 0.2) is 82.0 Å². The number of ketones is 1. The molecular weight excluding hydrogens is 541 g/mol. The number of esters is 1. The van der Waals surface area contributed by atoms with Crippen molar-refractivity contribution >= 4 is 33.4 Å². The van der Waals surface area contributed by atoms with Crippen LogP contribution in [0.1, 0.15) is 39.9 Å². The van der Waals surface area contributed by atoms with E-state index < -0.39 is 11.9 Å². The summed E-state index contributed by atoms with van der Waals surface area (Å²) in [6.45, 7) is 1.92. The highest BCUT2D eigenvalue weighted by Gasteiger charge is 2.43. The first-order valence-corrected chi connectivity index (χ1v) is 12.3. The molecular formula is C29H23BrFNO5. The number of hydrogen-bond acceptors (Lipinski definition) is 6. The van der Waals surface area contributed by atoms with Crippen LogP contribution < -0.4 is 14.8 Å². The maximum atomic E-state index is 13.6. The lowest BCUT2D eigenvalue weighted by Gasteiger charge is -2.30. The Hall–Kier alpha value is -3.91. The van der Waals surface area contributed by atoms with Gasteiger partial charge in [0.15, 0.2) is 17.3 Å². The van der Waals surface area contributed by atoms with Crippen molar-refractivity contribution in [3.8, 4) is 11.5 Å². The molecule has 2 aliphatic rings. The highest BCUT2D eigenvalue weighted by molar-refractivity contribution is 9.10. The molecule has 5 rings (SSSR count). The molecule has 0 bridgehead atoms. The number of allylic oxidation sites excluding steroid dienone is 2. The zero-order valence-electron chi connectivity index (χ0n) is 20.4. The highest BCUT2D eigenvalue weighted by atomic mass is 79.9. The Morgan fingerprint density at radius 3 is 2.49 bits per heavy atom. The Bertz CT molecular complexity index is 1510. The van der Waals surface area contributed by atoms with Crippen molar-refractivity contribution < 1.29 is 28.2 Å². The van der Waals surface area contributed by atoms with Crippen molar-refractivity contribution in [2.75, 3.05) is 14.2 Å². The van der Waals surface area contributed by atoms with E-state index in [1.54, 1.807) is 37.3 Å². The van der Waals surface area contributed by atoms with E-state index in [-0.39, 0.29) is 18.2 Å². The van der Waals surface area contributed by atoms with E-state index in [0.29, 0.717) is 55.2 Å². The van der Waals surface area contributed by atoms with Crippen molar-refractivity contribution in [1.29, 1.82) is 0 Å². The fourth-order valence-corrected chi connectivity index (χ4v) is 5.40. The predicted octanol–water partition coefficient (Wildman–Crippen LogP) is 5.92. The third-order valence-electron chi connectivity index (χ3n) is 6.53. The number of rotatable bonds is 6. The first kappa shape index (κ1) is 24.8. The fraction of sp³-hybridized carbons (Fsp3) is 0.172. The van der Waals surface area contributed by atoms with Crippen LogP contribution in [0.2, 0.25) is 0 Å². The minimum absolute atomic E-state index is 0.128. The second-order valence-corrected chi connectivity index (χ2v) is 9.55. The van der Waals surface area contributed by atoms with E-state index in [2.05, 4.69) is 21.2 Å². The quantitative estimate of drug-likeness (QED) is 0.375. The average Bonchev–Trinajstić information content (AvgIpc) is 3.18. The van der Waals surface area contributed by atoms with E-state index in [4.69, 9.17) is 14.2 Å². The summed E-state index contributed by atoms with van der Waals surface area (Å²) in [5, 5.41) is 3.27. The van der Waals surface area contributed by atoms with Crippen molar-refractivity contribution in [3.63, 3.8) is 0 Å². The fourth-order valence-electron chi connectivity index (χ4n) is 4.85. The molecule has 8 heteroatoms. The molecule has 1 heterocycles. The van der Waals surface area contributed by atoms with E-state index in [1.807, 2.05) is 18.2 Å². The molecule has 0 aromatic heterocycles. The molecule has 188 valence electrons. The Morgan fingerprint density at radius 2 is 1.78 bits per heavy atom. The van der Waals surface area contributed by atoms with Crippen molar-refractivity contribution in [1.82, 2.24) is 5.32 Å². The maximum absolute atomic E-state index is 13.6. The number of carbonyl (C=O) groups is 2. The second kappa shape index (κ2) is 9.86. The Kier molecular flexibility index (Phi) is 6.60. The van der Waals surface area contributed by atoms with Gasteiger partial charge in [0.2, 0.25) is 0 Å². The standard InChI is InChI=1S/C29H23BrFNO5/c1-15-24(29(34)36-3)25(26-27(32-15)18-9-4-5-10-19(18)28(26)33)20-12-22(35-2)23(13-21(20)30)37-14-16-7-6-8-17(31)11-16/h4-13,25,32H,14H2,1-3H3/t25-/m1/s1. The molecule has 37 heavy (non-hydrogen) atoms. The van der Waals surface area contributed by atoms with Gasteiger partial charge in [0.05, 0.1) is 31.4 Å². The lowest BCUT2D eigenvalue weighted by molar-refractivity contribution is -0.136. The molecule has 3 aromatic rings. The summed E-state index contributed by atoms with van der Waals surface area (Å²) in [4.78, 5) is 26.6. The Labute approximate surface area is 221 Å². The summed E-state index contributed by atoms with van der Waals surface area (Å²) in [5.41, 5.74) is 4.73. The zero-order valence-corrected chi connectivity index (χ0v) is 21.9. The van der Waals surface area contributed by atoms with Gasteiger partial charge in [0.25, 0.3) is 0 Å². The van der Waals surface area contributed by atoms with Gasteiger partial charge in [-0.3, -0.25) is 4.79 Å². The number of nitrogens with one attached hydrogen (secondary N) is 1. The summed E-state index contributed by atoms with van der Waals surface area (Å²) in [7, 11) is 2.82. The topological polar surface area (TPSA) is 73.9 Å². The van der Waals surface area contributed by atoms with Crippen LogP contribution >= 0.6 is 15.9 Å². The molecule has 1 aliphatic carbocycles. The molecule has 0 unspecified atom stereocenters. The number of ether oxygens (including phenoxy) is 3. The maximum Gasteiger partial charge on any atom is 0.336 e. The summed E-state index contributed by atoms with van der Waals surface area (Å²) in [6.07, 6.45) is 0. The number of methoxy groups -OCH3 is 2. The molecule has 6 nitrogen and oxygen atoms in total. The number of dihydropyridines is 1. The number of benzene rings is 3. The van der Waals surface area contributed by atoms with Crippen LogP contribution in [-0.2, 0) is 16.1 Å². The molecule has 0 radical (unpaired) electrons. The van der Waals surface area contributed by atoms with Crippen LogP contribution in [0.25, 0.3) is 5.70 Å². The van der Waals surface area contributed by atoms with Crippen molar-refractivity contribution in [2.45, 2.75) is 19.4 Å². The molecule has 0 fully saturated rings. The van der Waals surface area contributed by atoms with Crippen LogP contribution in [0.4, 0.5) is 4.39 Å². The average molecular weight is 564 g/mol. The highest BCUT2D eigenvalue weighted by Crippen LogP contribution is 2.50. The smallest absolute Gasteiger partial charge is 0.336 e. The van der Waals surface area contributed by atoms with Crippen LogP contribution in [0, 0.1) is 5.82 Å². The molecule has 1 N–H and O–H groups in total. The summed E-state index contributed by atoms with van der Waals surface area (Å²) >= 11 is 3.63. The SMILES string of the molecule is COC(=O)C1=C(C)NC2=C(C(=O)c3ccccc32)[C@@H]1c1cc(OC)c(OCc2cccc(F)c2)cc1Br. The predicted molar refractivity (Wildman–Crippen MR) is 140 cm³/mol. The minimum atomic E-state index is -0.718. The minimum Gasteiger partial charge on any atom is -0.493 e. The third-order valence-corrected chi connectivity index (χ3v) is 7.22. The van der Waals surface area contributed by atoms with Gasteiger partial charge in [-0.25, -0.2) is 9.18 Å². The van der Waals surface area contributed by atoms with E-state index in [1.165, 1.54) is 26.4 Å². The van der Waals surface area contributed by atoms with Gasteiger partial charge in [-0.05, 0) is 42.3 Å². The molecule has 1 atom stereocenters. The van der Waals surface area contributed by atoms with E-state index in [0.717, 1.165) is 5.56 Å². The molecule has 0 amide bonds. The zero-order chi connectivity index (χ0) is 26.3. The van der Waals surface area contributed by atoms with Gasteiger partial charge < -0.3 is 19.5 Å². The number of Topliss-reactive ketones (excluding diaryl/α,β-unsaturated/α-hetero) is 1. The normalized spacial score (nSPS) is 16.2. The molecule has 1 aliphatic heterocycles. The first-order chi connectivity index (χ1) is 17.8. The number of halogens is 2. The van der Waals surface area contributed by atoms with Gasteiger partial charge in [0.1, 0.15) is 12.4 Å². The lowest BCUT2D eigenvalue weighted by Crippen LogP contribution is -2.29. The van der Waals surface area contributed by atoms with Crippen molar-refractivity contribution in [2.24, 2.45) is 0 Å².